The quantitative estimate of drug-likeness (QED) is 0.128. The third-order valence-corrected chi connectivity index (χ3v) is 14.0. The van der Waals surface area contributed by atoms with Crippen molar-refractivity contribution >= 4 is 110 Å². The SMILES string of the molecule is CCCc1cc(N(c2ccccc2C)c2cccc3c2oc2ccc(C)cc23)c2ccc3c(CCC)cc(N(c4ccccc4C)c4cccc5c4oc4ccc(C)cc45)c4ccc1c2c34. The zero-order valence-corrected chi connectivity index (χ0v) is 38.6. The van der Waals surface area contributed by atoms with Gasteiger partial charge in [-0.2, -0.15) is 0 Å². The number of benzene rings is 10. The number of anilines is 6. The van der Waals surface area contributed by atoms with Gasteiger partial charge in [0.2, 0.25) is 0 Å². The molecule has 0 aliphatic heterocycles. The van der Waals surface area contributed by atoms with E-state index in [4.69, 9.17) is 8.83 Å². The molecule has 0 saturated heterocycles. The van der Waals surface area contributed by atoms with E-state index in [0.29, 0.717) is 0 Å². The van der Waals surface area contributed by atoms with E-state index in [-0.39, 0.29) is 0 Å². The summed E-state index contributed by atoms with van der Waals surface area (Å²) in [6, 6.07) is 58.4. The number of para-hydroxylation sites is 4. The van der Waals surface area contributed by atoms with Crippen LogP contribution in [0.4, 0.5) is 34.1 Å². The van der Waals surface area contributed by atoms with Crippen LogP contribution in [0.5, 0.6) is 0 Å². The van der Waals surface area contributed by atoms with Crippen LogP contribution in [0.3, 0.4) is 0 Å². The van der Waals surface area contributed by atoms with Gasteiger partial charge in [-0.1, -0.05) is 135 Å². The Balaban J connectivity index is 1.20. The first kappa shape index (κ1) is 40.0. The van der Waals surface area contributed by atoms with Crippen LogP contribution in [0, 0.1) is 27.7 Å². The minimum absolute atomic E-state index is 0.889. The second-order valence-corrected chi connectivity index (χ2v) is 18.4. The van der Waals surface area contributed by atoms with Gasteiger partial charge in [0.25, 0.3) is 0 Å². The highest BCUT2D eigenvalue weighted by atomic mass is 16.3. The lowest BCUT2D eigenvalue weighted by Crippen LogP contribution is -2.14. The minimum Gasteiger partial charge on any atom is -0.454 e. The molecular weight excluding hydrogens is 805 g/mol. The predicted octanol–water partition coefficient (Wildman–Crippen LogP) is 18.5. The average Bonchev–Trinajstić information content (AvgIpc) is 3.89. The van der Waals surface area contributed by atoms with Crippen molar-refractivity contribution in [2.24, 2.45) is 0 Å². The van der Waals surface area contributed by atoms with Crippen LogP contribution in [-0.2, 0) is 12.8 Å². The molecule has 4 nitrogen and oxygen atoms in total. The molecule has 0 unspecified atom stereocenters. The lowest BCUT2D eigenvalue weighted by Gasteiger charge is -2.31. The van der Waals surface area contributed by atoms with Crippen LogP contribution in [0.2, 0.25) is 0 Å². The molecule has 2 aromatic heterocycles. The van der Waals surface area contributed by atoms with Crippen molar-refractivity contribution in [1.29, 1.82) is 0 Å². The first-order chi connectivity index (χ1) is 32.3. The van der Waals surface area contributed by atoms with Crippen molar-refractivity contribution in [3.8, 4) is 0 Å². The van der Waals surface area contributed by atoms with Crippen molar-refractivity contribution in [2.45, 2.75) is 67.2 Å². The second-order valence-electron chi connectivity index (χ2n) is 18.4. The number of furan rings is 2. The number of rotatable bonds is 10. The van der Waals surface area contributed by atoms with E-state index in [9.17, 15) is 0 Å². The molecule has 0 radical (unpaired) electrons. The molecule has 2 heterocycles. The Morgan fingerprint density at radius 3 is 1.18 bits per heavy atom. The molecule has 0 N–H and O–H groups in total. The van der Waals surface area contributed by atoms with Crippen LogP contribution in [-0.4, -0.2) is 0 Å². The van der Waals surface area contributed by atoms with Crippen LogP contribution < -0.4 is 9.80 Å². The maximum Gasteiger partial charge on any atom is 0.159 e. The van der Waals surface area contributed by atoms with Crippen molar-refractivity contribution < 1.29 is 8.83 Å². The summed E-state index contributed by atoms with van der Waals surface area (Å²) in [6.45, 7) is 13.3. The van der Waals surface area contributed by atoms with E-state index in [2.05, 4.69) is 209 Å². The molecule has 0 aliphatic rings. The Morgan fingerprint density at radius 1 is 0.348 bits per heavy atom. The molecule has 0 fully saturated rings. The monoisotopic (exact) mass is 856 g/mol. The minimum atomic E-state index is 0.889. The van der Waals surface area contributed by atoms with Crippen molar-refractivity contribution in [3.05, 3.63) is 191 Å². The van der Waals surface area contributed by atoms with E-state index in [1.807, 2.05) is 0 Å². The fourth-order valence-corrected chi connectivity index (χ4v) is 11.0. The zero-order chi connectivity index (χ0) is 44.8. The van der Waals surface area contributed by atoms with Gasteiger partial charge in [0, 0.05) is 43.7 Å². The first-order valence-corrected chi connectivity index (χ1v) is 23.6. The molecule has 4 heteroatoms. The van der Waals surface area contributed by atoms with Crippen molar-refractivity contribution in [1.82, 2.24) is 0 Å². The highest BCUT2D eigenvalue weighted by Gasteiger charge is 2.28. The number of hydrogen-bond donors (Lipinski definition) is 0. The Labute approximate surface area is 385 Å². The summed E-state index contributed by atoms with van der Waals surface area (Å²) in [5.74, 6) is 0. The van der Waals surface area contributed by atoms with E-state index >= 15 is 0 Å². The molecule has 0 aliphatic carbocycles. The number of nitrogens with zero attached hydrogens (tertiary/aromatic N) is 2. The third-order valence-electron chi connectivity index (χ3n) is 14.0. The van der Waals surface area contributed by atoms with Gasteiger partial charge in [-0.15, -0.1) is 0 Å². The van der Waals surface area contributed by atoms with Gasteiger partial charge in [0.05, 0.1) is 22.7 Å². The Bertz CT molecular complexity index is 3610. The normalized spacial score (nSPS) is 12.0. The number of aryl methyl sites for hydroxylation is 6. The maximum absolute atomic E-state index is 6.88. The smallest absolute Gasteiger partial charge is 0.159 e. The summed E-state index contributed by atoms with van der Waals surface area (Å²) in [5.41, 5.74) is 17.7. The topological polar surface area (TPSA) is 32.8 Å². The molecule has 0 atom stereocenters. The maximum atomic E-state index is 6.88. The van der Waals surface area contributed by atoms with E-state index < -0.39 is 0 Å². The molecule has 12 aromatic rings. The van der Waals surface area contributed by atoms with Crippen molar-refractivity contribution in [3.63, 3.8) is 0 Å². The molecule has 0 amide bonds. The summed E-state index contributed by atoms with van der Waals surface area (Å²) < 4.78 is 13.8. The number of fused-ring (bicyclic) bond motifs is 6. The van der Waals surface area contributed by atoms with Crippen LogP contribution >= 0.6 is 0 Å². The largest absolute Gasteiger partial charge is 0.454 e. The van der Waals surface area contributed by atoms with Crippen LogP contribution in [0.15, 0.2) is 167 Å². The van der Waals surface area contributed by atoms with Gasteiger partial charge in [-0.25, -0.2) is 0 Å². The van der Waals surface area contributed by atoms with Gasteiger partial charge >= 0.3 is 0 Å². The molecule has 66 heavy (non-hydrogen) atoms. The fraction of sp³-hybridized carbons (Fsp3) is 0.161. The Hall–Kier alpha value is -7.56. The molecule has 10 aromatic carbocycles. The van der Waals surface area contributed by atoms with Gasteiger partial charge in [-0.05, 0) is 145 Å². The average molecular weight is 857 g/mol. The molecule has 0 saturated carbocycles. The lowest BCUT2D eigenvalue weighted by molar-refractivity contribution is 0.668. The highest BCUT2D eigenvalue weighted by Crippen LogP contribution is 2.52. The van der Waals surface area contributed by atoms with E-state index in [1.165, 1.54) is 65.7 Å². The summed E-state index contributed by atoms with van der Waals surface area (Å²) in [4.78, 5) is 4.96. The standard InChI is InChI=1S/C62H52N2O2/c1-7-15-41-35-55(63(51-21-11-9-17-39(51)5)53-23-13-19-45-49-33-37(3)25-31-57(49)65-61(45)53)47-30-28-44-42(16-8-2)36-56(48-29-27-43(41)59(47)60(44)48)64(52-22-12-10-18-40(52)6)54-24-14-20-46-50-34-38(4)26-32-58(50)66-62(46)54/h9-14,17-36H,7-8,15-16H2,1-6H3. The fourth-order valence-electron chi connectivity index (χ4n) is 11.0. The van der Waals surface area contributed by atoms with Gasteiger partial charge in [0.15, 0.2) is 11.2 Å². The molecule has 0 bridgehead atoms. The second kappa shape index (κ2) is 15.6. The van der Waals surface area contributed by atoms with Crippen LogP contribution in [0.1, 0.15) is 60.1 Å². The van der Waals surface area contributed by atoms with Crippen molar-refractivity contribution in [2.75, 3.05) is 9.80 Å². The highest BCUT2D eigenvalue weighted by molar-refractivity contribution is 6.30. The molecule has 322 valence electrons. The lowest BCUT2D eigenvalue weighted by atomic mass is 9.86. The Kier molecular flexibility index (Phi) is 9.43. The van der Waals surface area contributed by atoms with E-state index in [0.717, 1.165) is 104 Å². The number of hydrogen-bond acceptors (Lipinski definition) is 4. The summed E-state index contributed by atoms with van der Waals surface area (Å²) in [6.07, 6.45) is 3.96. The summed E-state index contributed by atoms with van der Waals surface area (Å²) >= 11 is 0. The van der Waals surface area contributed by atoms with Crippen LogP contribution in [0.25, 0.3) is 76.2 Å². The van der Waals surface area contributed by atoms with Gasteiger partial charge < -0.3 is 18.6 Å². The van der Waals surface area contributed by atoms with Gasteiger partial charge in [-0.3, -0.25) is 0 Å². The Morgan fingerprint density at radius 2 is 0.758 bits per heavy atom. The molecular formula is C62H52N2O2. The van der Waals surface area contributed by atoms with E-state index in [1.54, 1.807) is 0 Å². The predicted molar refractivity (Wildman–Crippen MR) is 281 cm³/mol. The third kappa shape index (κ3) is 6.11. The first-order valence-electron chi connectivity index (χ1n) is 23.6. The summed E-state index contributed by atoms with van der Waals surface area (Å²) in [7, 11) is 0. The zero-order valence-electron chi connectivity index (χ0n) is 38.6. The summed E-state index contributed by atoms with van der Waals surface area (Å²) in [5, 5.41) is 12.2. The van der Waals surface area contributed by atoms with Gasteiger partial charge in [0.1, 0.15) is 11.2 Å². The molecule has 12 rings (SSSR count). The molecule has 0 spiro atoms.